The molecule has 0 heterocycles. The molecule has 0 amide bonds. The van der Waals surface area contributed by atoms with Crippen LogP contribution in [0.2, 0.25) is 0 Å². The highest BCUT2D eigenvalue weighted by Crippen LogP contribution is 2.61. The van der Waals surface area contributed by atoms with Crippen LogP contribution in [0, 0.1) is 28.6 Å². The number of hydrogen-bond donors (Lipinski definition) is 0. The molecular weight excluding hydrogens is 649 g/mol. The van der Waals surface area contributed by atoms with Crippen molar-refractivity contribution in [3.8, 4) is 0 Å². The first-order valence-corrected chi connectivity index (χ1v) is 21.9. The monoisotopic (exact) mass is 725 g/mol. The van der Waals surface area contributed by atoms with Gasteiger partial charge in [0.05, 0.1) is 0 Å². The molecule has 4 aromatic rings. The standard InChI is InChI=1S/2C25H32.2C2H6/c1-18(19-10-6-5-7-11-19)21-16-17-25(4)22-13-9-8-12-20(22)14-15-23(25)24(21,2)3;1-19-15-17-24(20(2)22-13-9-6-10-14-22)25(3,4)23(19)18-16-21-11-7-5-8-12-21;2*1-2/h5-13,18,21,23H,14-17H2,1-4H3;5-14,20,24H,15-18H2,1-4H3;2*1-2H3/t18-,21+,23-,25+;20-,24-;;/m01../s1. The average molecular weight is 725 g/mol. The zero-order valence-corrected chi connectivity index (χ0v) is 36.5. The molecule has 0 saturated heterocycles. The van der Waals surface area contributed by atoms with Crippen LogP contribution in [-0.4, -0.2) is 0 Å². The number of hydrogen-bond acceptors (Lipinski definition) is 0. The van der Waals surface area contributed by atoms with E-state index < -0.39 is 0 Å². The average Bonchev–Trinajstić information content (AvgIpc) is 3.20. The molecule has 0 spiro atoms. The van der Waals surface area contributed by atoms with Crippen molar-refractivity contribution in [1.82, 2.24) is 0 Å². The summed E-state index contributed by atoms with van der Waals surface area (Å²) in [5.41, 5.74) is 12.0. The van der Waals surface area contributed by atoms with Crippen LogP contribution < -0.4 is 0 Å². The Morgan fingerprint density at radius 3 is 1.63 bits per heavy atom. The molecule has 0 radical (unpaired) electrons. The molecule has 0 N–H and O–H groups in total. The number of allylic oxidation sites excluding steroid dienone is 2. The van der Waals surface area contributed by atoms with Crippen molar-refractivity contribution in [2.24, 2.45) is 28.6 Å². The van der Waals surface area contributed by atoms with Crippen molar-refractivity contribution >= 4 is 0 Å². The summed E-state index contributed by atoms with van der Waals surface area (Å²) in [5.74, 6) is 3.50. The van der Waals surface area contributed by atoms with Gasteiger partial charge in [-0.2, -0.15) is 0 Å². The molecule has 0 heteroatoms. The van der Waals surface area contributed by atoms with Gasteiger partial charge in [0.25, 0.3) is 0 Å². The van der Waals surface area contributed by atoms with E-state index in [1.807, 2.05) is 27.7 Å². The Bertz CT molecular complexity index is 1710. The predicted molar refractivity (Wildman–Crippen MR) is 238 cm³/mol. The molecule has 0 unspecified atom stereocenters. The number of aryl methyl sites for hydroxylation is 2. The number of rotatable bonds is 7. The van der Waals surface area contributed by atoms with Gasteiger partial charge in [-0.3, -0.25) is 0 Å². The smallest absolute Gasteiger partial charge is 0.00389 e. The molecule has 7 rings (SSSR count). The zero-order chi connectivity index (χ0) is 39.5. The normalized spacial score (nSPS) is 24.7. The van der Waals surface area contributed by atoms with Crippen LogP contribution in [0.15, 0.2) is 126 Å². The lowest BCUT2D eigenvalue weighted by Gasteiger charge is -2.59. The SMILES string of the molecule is CC.CC.CC1=C(CCc2ccccc2)C(C)(C)[C@@H]([C@H](C)c2ccccc2)CC1.C[C@@H](c1ccccc1)[C@H]1CC[C@]2(C)c3ccccc3CC[C@H]2C1(C)C. The van der Waals surface area contributed by atoms with E-state index in [4.69, 9.17) is 0 Å². The van der Waals surface area contributed by atoms with Crippen LogP contribution in [-0.2, 0) is 18.3 Å². The first-order valence-electron chi connectivity index (χ1n) is 21.9. The Kier molecular flexibility index (Phi) is 15.6. The largest absolute Gasteiger partial charge is 0.0735 e. The second kappa shape index (κ2) is 19.5. The van der Waals surface area contributed by atoms with Crippen LogP contribution >= 0.6 is 0 Å². The molecule has 0 nitrogen and oxygen atoms in total. The summed E-state index contributed by atoms with van der Waals surface area (Å²) >= 11 is 0. The minimum Gasteiger partial charge on any atom is -0.0735 e. The molecule has 3 aliphatic rings. The molecule has 3 aliphatic carbocycles. The third-order valence-corrected chi connectivity index (χ3v) is 14.3. The maximum absolute atomic E-state index is 2.56. The topological polar surface area (TPSA) is 0 Å². The third-order valence-electron chi connectivity index (χ3n) is 14.3. The molecule has 292 valence electrons. The van der Waals surface area contributed by atoms with Gasteiger partial charge in [-0.05, 0) is 132 Å². The Hall–Kier alpha value is -3.38. The Balaban J connectivity index is 0.000000221. The fourth-order valence-electron chi connectivity index (χ4n) is 11.5. The van der Waals surface area contributed by atoms with Gasteiger partial charge in [0.1, 0.15) is 0 Å². The van der Waals surface area contributed by atoms with Crippen molar-refractivity contribution in [2.45, 2.75) is 152 Å². The molecule has 0 bridgehead atoms. The summed E-state index contributed by atoms with van der Waals surface area (Å²) in [5, 5.41) is 0. The first-order chi connectivity index (χ1) is 25.9. The van der Waals surface area contributed by atoms with Crippen molar-refractivity contribution < 1.29 is 0 Å². The summed E-state index contributed by atoms with van der Waals surface area (Å²) in [6.07, 6.45) is 10.2. The fraction of sp³-hybridized carbons (Fsp3) is 0.519. The van der Waals surface area contributed by atoms with E-state index in [2.05, 4.69) is 171 Å². The number of benzene rings is 4. The second-order valence-corrected chi connectivity index (χ2v) is 17.6. The molecule has 4 aromatic carbocycles. The van der Waals surface area contributed by atoms with Crippen molar-refractivity contribution in [2.75, 3.05) is 0 Å². The lowest BCUT2D eigenvalue weighted by atomic mass is 9.46. The molecule has 1 saturated carbocycles. The maximum Gasteiger partial charge on any atom is -0.00389 e. The van der Waals surface area contributed by atoms with Gasteiger partial charge in [0.15, 0.2) is 0 Å². The highest BCUT2D eigenvalue weighted by Gasteiger charge is 2.54. The molecule has 54 heavy (non-hydrogen) atoms. The van der Waals surface area contributed by atoms with E-state index in [1.54, 1.807) is 22.3 Å². The number of fused-ring (bicyclic) bond motifs is 3. The lowest BCUT2D eigenvalue weighted by Crippen LogP contribution is -2.52. The van der Waals surface area contributed by atoms with Crippen LogP contribution in [0.4, 0.5) is 0 Å². The predicted octanol–water partition coefficient (Wildman–Crippen LogP) is 16.0. The van der Waals surface area contributed by atoms with Gasteiger partial charge in [-0.25, -0.2) is 0 Å². The Morgan fingerprint density at radius 2 is 1.06 bits per heavy atom. The van der Waals surface area contributed by atoms with Crippen LogP contribution in [0.5, 0.6) is 0 Å². The second-order valence-electron chi connectivity index (χ2n) is 17.6. The fourth-order valence-corrected chi connectivity index (χ4v) is 11.5. The minimum atomic E-state index is 0.270. The summed E-state index contributed by atoms with van der Waals surface area (Å²) in [6, 6.07) is 42.4. The van der Waals surface area contributed by atoms with Crippen LogP contribution in [0.1, 0.15) is 161 Å². The van der Waals surface area contributed by atoms with E-state index in [0.29, 0.717) is 28.6 Å². The van der Waals surface area contributed by atoms with Gasteiger partial charge < -0.3 is 0 Å². The molecule has 0 aromatic heterocycles. The summed E-state index contributed by atoms with van der Waals surface area (Å²) < 4.78 is 0. The minimum absolute atomic E-state index is 0.270. The summed E-state index contributed by atoms with van der Waals surface area (Å²) in [4.78, 5) is 0. The van der Waals surface area contributed by atoms with Gasteiger partial charge in [0, 0.05) is 0 Å². The maximum atomic E-state index is 2.56. The molecular formula is C54H76. The van der Waals surface area contributed by atoms with Gasteiger partial charge in [-0.15, -0.1) is 0 Å². The van der Waals surface area contributed by atoms with Crippen molar-refractivity contribution in [1.29, 1.82) is 0 Å². The van der Waals surface area contributed by atoms with E-state index in [9.17, 15) is 0 Å². The van der Waals surface area contributed by atoms with E-state index in [-0.39, 0.29) is 5.41 Å². The van der Waals surface area contributed by atoms with Crippen LogP contribution in [0.25, 0.3) is 0 Å². The lowest BCUT2D eigenvalue weighted by molar-refractivity contribution is -0.0236. The Morgan fingerprint density at radius 1 is 0.556 bits per heavy atom. The van der Waals surface area contributed by atoms with E-state index in [1.165, 1.54) is 61.6 Å². The first kappa shape index (κ1) is 43.3. The highest BCUT2D eigenvalue weighted by molar-refractivity contribution is 5.39. The van der Waals surface area contributed by atoms with Gasteiger partial charge in [-0.1, -0.05) is 203 Å². The van der Waals surface area contributed by atoms with Crippen molar-refractivity contribution in [3.63, 3.8) is 0 Å². The summed E-state index contributed by atoms with van der Waals surface area (Å²) in [6.45, 7) is 27.9. The quantitative estimate of drug-likeness (QED) is 0.167. The van der Waals surface area contributed by atoms with Gasteiger partial charge in [0.2, 0.25) is 0 Å². The van der Waals surface area contributed by atoms with E-state index >= 15 is 0 Å². The highest BCUT2D eigenvalue weighted by atomic mass is 14.6. The molecule has 6 atom stereocenters. The van der Waals surface area contributed by atoms with Gasteiger partial charge >= 0.3 is 0 Å². The molecule has 1 fully saturated rings. The van der Waals surface area contributed by atoms with Crippen molar-refractivity contribution in [3.05, 3.63) is 154 Å². The zero-order valence-electron chi connectivity index (χ0n) is 36.5. The third kappa shape index (κ3) is 9.34. The van der Waals surface area contributed by atoms with Crippen LogP contribution in [0.3, 0.4) is 0 Å². The van der Waals surface area contributed by atoms with E-state index in [0.717, 1.165) is 18.3 Å². The Labute approximate surface area is 333 Å². The summed E-state index contributed by atoms with van der Waals surface area (Å²) in [7, 11) is 0. The molecule has 0 aliphatic heterocycles.